The number of hydrogen-bond acceptors (Lipinski definition) is 10. The third-order valence-corrected chi connectivity index (χ3v) is 9.37. The standard InChI is InChI=1S/C33H32ClFN4O6S/c1-38-11-13-39(14-12-38)15-17-44-23-10-9-21(29(35)28(23)34)26-27-31(36-19-37-32(27)46-30(26)24-8-5-16-43-24)45-25(33(40)41)18-20-6-3-4-7-22(20)42-2/h3-10,16,19,25H,11-15,17-18H2,1-2H3,(H,40,41). The van der Waals surface area contributed by atoms with Crippen LogP contribution in [0.2, 0.25) is 5.02 Å². The van der Waals surface area contributed by atoms with Crippen molar-refractivity contribution in [3.8, 4) is 39.1 Å². The predicted octanol–water partition coefficient (Wildman–Crippen LogP) is 6.12. The zero-order valence-corrected chi connectivity index (χ0v) is 26.8. The SMILES string of the molecule is COc1ccccc1CC(Oc1ncnc2sc(-c3ccco3)c(-c3ccc(OCCN4CCN(C)CC4)c(Cl)c3F)c12)C(=O)O. The van der Waals surface area contributed by atoms with Crippen LogP contribution in [-0.4, -0.2) is 90.4 Å². The summed E-state index contributed by atoms with van der Waals surface area (Å²) < 4.78 is 39.4. The Labute approximate surface area is 273 Å². The maximum Gasteiger partial charge on any atom is 0.345 e. The Morgan fingerprint density at radius 2 is 1.91 bits per heavy atom. The molecule has 1 N–H and O–H groups in total. The van der Waals surface area contributed by atoms with E-state index in [1.165, 1.54) is 31.0 Å². The molecule has 46 heavy (non-hydrogen) atoms. The topological polar surface area (TPSA) is 110 Å². The van der Waals surface area contributed by atoms with E-state index in [9.17, 15) is 9.90 Å². The lowest BCUT2D eigenvalue weighted by molar-refractivity contribution is -0.145. The Bertz CT molecular complexity index is 1830. The first-order valence-electron chi connectivity index (χ1n) is 14.7. The molecule has 1 aliphatic heterocycles. The molecule has 0 amide bonds. The quantitative estimate of drug-likeness (QED) is 0.167. The molecule has 13 heteroatoms. The number of likely N-dealkylation sites (N-methyl/N-ethyl adjacent to an activating group) is 1. The second kappa shape index (κ2) is 14.0. The summed E-state index contributed by atoms with van der Waals surface area (Å²) in [4.78, 5) is 26.7. The molecule has 1 unspecified atom stereocenters. The van der Waals surface area contributed by atoms with E-state index < -0.39 is 17.9 Å². The van der Waals surface area contributed by atoms with Crippen molar-refractivity contribution in [3.63, 3.8) is 0 Å². The molecule has 240 valence electrons. The Kier molecular flexibility index (Phi) is 9.69. The monoisotopic (exact) mass is 666 g/mol. The van der Waals surface area contributed by atoms with Crippen LogP contribution in [-0.2, 0) is 11.2 Å². The maximum absolute atomic E-state index is 16.2. The molecule has 0 aliphatic carbocycles. The molecule has 10 nitrogen and oxygen atoms in total. The number of hydrogen-bond donors (Lipinski definition) is 1. The van der Waals surface area contributed by atoms with Gasteiger partial charge in [-0.2, -0.15) is 0 Å². The summed E-state index contributed by atoms with van der Waals surface area (Å²) in [5.74, 6) is -0.691. The molecule has 0 saturated carbocycles. The van der Waals surface area contributed by atoms with Crippen LogP contribution in [0.4, 0.5) is 4.39 Å². The molecule has 1 saturated heterocycles. The van der Waals surface area contributed by atoms with Crippen molar-refractivity contribution >= 4 is 39.1 Å². The number of carboxylic acids is 1. The van der Waals surface area contributed by atoms with Crippen molar-refractivity contribution in [2.45, 2.75) is 12.5 Å². The number of carbonyl (C=O) groups is 1. The Balaban J connectivity index is 1.36. The van der Waals surface area contributed by atoms with Crippen molar-refractivity contribution in [3.05, 3.63) is 77.5 Å². The number of aliphatic carboxylic acids is 1. The molecule has 6 rings (SSSR count). The summed E-state index contributed by atoms with van der Waals surface area (Å²) in [6, 6.07) is 13.8. The molecule has 1 aliphatic rings. The molecule has 1 atom stereocenters. The van der Waals surface area contributed by atoms with Crippen LogP contribution in [0.25, 0.3) is 32.0 Å². The number of para-hydroxylation sites is 1. The molecule has 0 spiro atoms. The molecule has 3 aromatic heterocycles. The minimum Gasteiger partial charge on any atom is -0.496 e. The van der Waals surface area contributed by atoms with E-state index in [4.69, 9.17) is 30.2 Å². The summed E-state index contributed by atoms with van der Waals surface area (Å²) in [7, 11) is 3.61. The molecule has 4 heterocycles. The number of rotatable bonds is 12. The van der Waals surface area contributed by atoms with Gasteiger partial charge >= 0.3 is 5.97 Å². The third-order valence-electron chi connectivity index (χ3n) is 7.90. The van der Waals surface area contributed by atoms with E-state index in [0.717, 1.165) is 26.2 Å². The van der Waals surface area contributed by atoms with Crippen LogP contribution >= 0.6 is 22.9 Å². The highest BCUT2D eigenvalue weighted by Gasteiger charge is 2.29. The highest BCUT2D eigenvalue weighted by molar-refractivity contribution is 7.22. The van der Waals surface area contributed by atoms with Crippen LogP contribution in [0.3, 0.4) is 0 Å². The number of furan rings is 1. The van der Waals surface area contributed by atoms with Gasteiger partial charge in [0.05, 0.1) is 23.6 Å². The van der Waals surface area contributed by atoms with E-state index in [1.807, 2.05) is 0 Å². The number of benzene rings is 2. The van der Waals surface area contributed by atoms with Crippen LogP contribution in [0.1, 0.15) is 5.56 Å². The first-order chi connectivity index (χ1) is 22.3. The fraction of sp³-hybridized carbons (Fsp3) is 0.303. The van der Waals surface area contributed by atoms with Crippen molar-refractivity contribution < 1.29 is 32.9 Å². The first kappa shape index (κ1) is 31.7. The smallest absolute Gasteiger partial charge is 0.345 e. The minimum atomic E-state index is -1.33. The van der Waals surface area contributed by atoms with Gasteiger partial charge in [-0.1, -0.05) is 29.8 Å². The number of aromatic nitrogens is 2. The molecule has 2 aromatic carbocycles. The molecule has 0 bridgehead atoms. The van der Waals surface area contributed by atoms with Gasteiger partial charge in [0.1, 0.15) is 40.0 Å². The number of thiophene rings is 1. The molecular formula is C33H32ClFN4O6S. The van der Waals surface area contributed by atoms with Crippen LogP contribution in [0.5, 0.6) is 17.4 Å². The van der Waals surface area contributed by atoms with Crippen molar-refractivity contribution in [2.24, 2.45) is 0 Å². The normalized spacial score (nSPS) is 14.8. The summed E-state index contributed by atoms with van der Waals surface area (Å²) in [6.45, 7) is 4.91. The lowest BCUT2D eigenvalue weighted by atomic mass is 10.0. The average Bonchev–Trinajstić information content (AvgIpc) is 3.73. The largest absolute Gasteiger partial charge is 0.496 e. The van der Waals surface area contributed by atoms with Gasteiger partial charge in [-0.3, -0.25) is 4.90 Å². The number of halogens is 2. The van der Waals surface area contributed by atoms with Crippen LogP contribution in [0.15, 0.2) is 65.5 Å². The number of piperazine rings is 1. The van der Waals surface area contributed by atoms with E-state index in [0.29, 0.717) is 50.9 Å². The zero-order valence-electron chi connectivity index (χ0n) is 25.2. The Morgan fingerprint density at radius 1 is 1.11 bits per heavy atom. The Hall–Kier alpha value is -4.23. The summed E-state index contributed by atoms with van der Waals surface area (Å²) >= 11 is 7.82. The van der Waals surface area contributed by atoms with E-state index in [1.54, 1.807) is 48.5 Å². The van der Waals surface area contributed by atoms with Crippen LogP contribution < -0.4 is 14.2 Å². The van der Waals surface area contributed by atoms with Gasteiger partial charge in [0.2, 0.25) is 12.0 Å². The number of fused-ring (bicyclic) bond motifs is 1. The summed E-state index contributed by atoms with van der Waals surface area (Å²) in [5.41, 5.74) is 1.16. The fourth-order valence-electron chi connectivity index (χ4n) is 5.41. The number of nitrogens with zero attached hydrogens (tertiary/aromatic N) is 4. The number of carboxylic acid groups (broad SMARTS) is 1. The lowest BCUT2D eigenvalue weighted by Gasteiger charge is -2.32. The van der Waals surface area contributed by atoms with E-state index in [-0.39, 0.29) is 28.6 Å². The highest BCUT2D eigenvalue weighted by Crippen LogP contribution is 2.49. The lowest BCUT2D eigenvalue weighted by Crippen LogP contribution is -2.45. The predicted molar refractivity (Wildman–Crippen MR) is 174 cm³/mol. The fourth-order valence-corrected chi connectivity index (χ4v) is 6.75. The van der Waals surface area contributed by atoms with Gasteiger partial charge in [-0.25, -0.2) is 19.2 Å². The molecule has 1 fully saturated rings. The molecule has 0 radical (unpaired) electrons. The summed E-state index contributed by atoms with van der Waals surface area (Å²) in [6.07, 6.45) is 1.46. The Morgan fingerprint density at radius 3 is 2.65 bits per heavy atom. The van der Waals surface area contributed by atoms with Gasteiger partial charge in [0, 0.05) is 50.3 Å². The average molecular weight is 667 g/mol. The van der Waals surface area contributed by atoms with Gasteiger partial charge in [0.15, 0.2) is 5.82 Å². The maximum atomic E-state index is 16.2. The zero-order chi connectivity index (χ0) is 32.2. The van der Waals surface area contributed by atoms with E-state index >= 15 is 4.39 Å². The first-order valence-corrected chi connectivity index (χ1v) is 15.9. The van der Waals surface area contributed by atoms with Crippen molar-refractivity contribution in [1.29, 1.82) is 0 Å². The number of methoxy groups -OCH3 is 1. The van der Waals surface area contributed by atoms with Gasteiger partial charge in [-0.15, -0.1) is 11.3 Å². The summed E-state index contributed by atoms with van der Waals surface area (Å²) in [5, 5.41) is 10.3. The highest BCUT2D eigenvalue weighted by atomic mass is 35.5. The second-order valence-corrected chi connectivity index (χ2v) is 12.2. The van der Waals surface area contributed by atoms with Gasteiger partial charge in [0.25, 0.3) is 0 Å². The number of ether oxygens (including phenoxy) is 3. The van der Waals surface area contributed by atoms with Crippen LogP contribution in [0, 0.1) is 5.82 Å². The minimum absolute atomic E-state index is 0.00426. The molecular weight excluding hydrogens is 635 g/mol. The van der Waals surface area contributed by atoms with E-state index in [2.05, 4.69) is 26.8 Å². The van der Waals surface area contributed by atoms with Gasteiger partial charge in [-0.05, 0) is 42.9 Å². The van der Waals surface area contributed by atoms with Crippen molar-refractivity contribution in [1.82, 2.24) is 19.8 Å². The van der Waals surface area contributed by atoms with Gasteiger partial charge < -0.3 is 28.6 Å². The second-order valence-electron chi connectivity index (χ2n) is 10.8. The third kappa shape index (κ3) is 6.66. The molecule has 5 aromatic rings. The van der Waals surface area contributed by atoms with Crippen molar-refractivity contribution in [2.75, 3.05) is 53.5 Å².